The van der Waals surface area contributed by atoms with Crippen LogP contribution in [0, 0.1) is 0 Å². The van der Waals surface area contributed by atoms with E-state index < -0.39 is 0 Å². The molecule has 26 heavy (non-hydrogen) atoms. The van der Waals surface area contributed by atoms with Crippen LogP contribution in [0.5, 0.6) is 0 Å². The van der Waals surface area contributed by atoms with Crippen LogP contribution in [0.3, 0.4) is 0 Å². The van der Waals surface area contributed by atoms with Crippen LogP contribution >= 0.6 is 0 Å². The molecule has 1 fully saturated rings. The van der Waals surface area contributed by atoms with Crippen LogP contribution in [-0.2, 0) is 13.5 Å². The van der Waals surface area contributed by atoms with Crippen molar-refractivity contribution in [3.05, 3.63) is 76.8 Å². The molecule has 4 rings (SSSR count). The summed E-state index contributed by atoms with van der Waals surface area (Å²) in [6.07, 6.45) is 6.65. The van der Waals surface area contributed by atoms with Gasteiger partial charge in [-0.3, -0.25) is 14.3 Å². The fourth-order valence-corrected chi connectivity index (χ4v) is 3.65. The van der Waals surface area contributed by atoms with Crippen LogP contribution in [0.2, 0.25) is 0 Å². The average Bonchev–Trinajstić information content (AvgIpc) is 3.13. The summed E-state index contributed by atoms with van der Waals surface area (Å²) >= 11 is 0. The standard InChI is InChI=1S/C21H22N4O/c1-24-20(26)15-19(17-9-11-22-12-10-17)23-21(24)25-13-5-8-18(25)14-16-6-3-2-4-7-16/h2-4,6-7,9-12,15,18H,5,8,13-14H2,1H3. The van der Waals surface area contributed by atoms with Gasteiger partial charge in [-0.05, 0) is 37.0 Å². The number of aromatic nitrogens is 3. The Balaban J connectivity index is 1.70. The van der Waals surface area contributed by atoms with Gasteiger partial charge >= 0.3 is 0 Å². The minimum atomic E-state index is -0.0350. The van der Waals surface area contributed by atoms with Gasteiger partial charge < -0.3 is 4.90 Å². The van der Waals surface area contributed by atoms with E-state index in [-0.39, 0.29) is 5.56 Å². The molecule has 5 nitrogen and oxygen atoms in total. The number of hydrogen-bond acceptors (Lipinski definition) is 4. The topological polar surface area (TPSA) is 51.0 Å². The molecule has 0 spiro atoms. The Morgan fingerprint density at radius 2 is 1.88 bits per heavy atom. The van der Waals surface area contributed by atoms with Gasteiger partial charge in [0.2, 0.25) is 5.95 Å². The molecule has 132 valence electrons. The van der Waals surface area contributed by atoms with E-state index in [1.54, 1.807) is 30.1 Å². The van der Waals surface area contributed by atoms with Crippen molar-refractivity contribution >= 4 is 5.95 Å². The minimum Gasteiger partial charge on any atom is -0.339 e. The van der Waals surface area contributed by atoms with Crippen molar-refractivity contribution in [1.29, 1.82) is 0 Å². The van der Waals surface area contributed by atoms with Gasteiger partial charge in [0.25, 0.3) is 5.56 Å². The van der Waals surface area contributed by atoms with Crippen molar-refractivity contribution in [2.75, 3.05) is 11.4 Å². The van der Waals surface area contributed by atoms with E-state index in [2.05, 4.69) is 34.1 Å². The Morgan fingerprint density at radius 1 is 1.12 bits per heavy atom. The van der Waals surface area contributed by atoms with Crippen LogP contribution in [0.1, 0.15) is 18.4 Å². The van der Waals surface area contributed by atoms with Gasteiger partial charge in [-0.2, -0.15) is 0 Å². The SMILES string of the molecule is Cn1c(N2CCCC2Cc2ccccc2)nc(-c2ccncc2)cc1=O. The van der Waals surface area contributed by atoms with E-state index >= 15 is 0 Å². The summed E-state index contributed by atoms with van der Waals surface area (Å²) in [4.78, 5) is 23.7. The number of benzene rings is 1. The van der Waals surface area contributed by atoms with Gasteiger partial charge in [-0.25, -0.2) is 4.98 Å². The lowest BCUT2D eigenvalue weighted by atomic mass is 10.0. The van der Waals surface area contributed by atoms with Crippen LogP contribution < -0.4 is 10.5 Å². The molecule has 1 atom stereocenters. The van der Waals surface area contributed by atoms with Crippen molar-refractivity contribution in [2.24, 2.45) is 7.05 Å². The number of hydrogen-bond donors (Lipinski definition) is 0. The Bertz CT molecular complexity index is 937. The zero-order chi connectivity index (χ0) is 17.9. The third kappa shape index (κ3) is 3.25. The van der Waals surface area contributed by atoms with Crippen molar-refractivity contribution in [3.63, 3.8) is 0 Å². The lowest BCUT2D eigenvalue weighted by Crippen LogP contribution is -2.36. The first-order chi connectivity index (χ1) is 12.7. The van der Waals surface area contributed by atoms with Gasteiger partial charge in [0.05, 0.1) is 5.69 Å². The Labute approximate surface area is 153 Å². The molecule has 3 aromatic rings. The monoisotopic (exact) mass is 346 g/mol. The van der Waals surface area contributed by atoms with Gasteiger partial charge in [-0.1, -0.05) is 30.3 Å². The van der Waals surface area contributed by atoms with Gasteiger partial charge in [0.1, 0.15) is 0 Å². The second-order valence-electron chi connectivity index (χ2n) is 6.75. The van der Waals surface area contributed by atoms with E-state index in [1.807, 2.05) is 18.2 Å². The van der Waals surface area contributed by atoms with E-state index in [1.165, 1.54) is 5.56 Å². The number of nitrogens with zero attached hydrogens (tertiary/aromatic N) is 4. The zero-order valence-corrected chi connectivity index (χ0v) is 14.9. The molecule has 1 aliphatic rings. The molecule has 1 unspecified atom stereocenters. The summed E-state index contributed by atoms with van der Waals surface area (Å²) in [5.74, 6) is 0.753. The molecular formula is C21H22N4O. The third-order valence-electron chi connectivity index (χ3n) is 5.04. The summed E-state index contributed by atoms with van der Waals surface area (Å²) in [7, 11) is 1.80. The highest BCUT2D eigenvalue weighted by Crippen LogP contribution is 2.27. The van der Waals surface area contributed by atoms with Gasteiger partial charge in [0, 0.05) is 43.7 Å². The Morgan fingerprint density at radius 3 is 2.65 bits per heavy atom. The summed E-state index contributed by atoms with van der Waals surface area (Å²) in [5, 5.41) is 0. The summed E-state index contributed by atoms with van der Waals surface area (Å²) < 4.78 is 1.66. The Hall–Kier alpha value is -2.95. The van der Waals surface area contributed by atoms with Crippen molar-refractivity contribution in [3.8, 4) is 11.3 Å². The van der Waals surface area contributed by atoms with Crippen LogP contribution in [-0.4, -0.2) is 27.1 Å². The van der Waals surface area contributed by atoms with Crippen LogP contribution in [0.15, 0.2) is 65.7 Å². The first kappa shape index (κ1) is 16.5. The number of anilines is 1. The molecule has 0 aliphatic carbocycles. The first-order valence-electron chi connectivity index (χ1n) is 9.01. The molecule has 0 amide bonds. The number of rotatable bonds is 4. The quantitative estimate of drug-likeness (QED) is 0.729. The highest BCUT2D eigenvalue weighted by Gasteiger charge is 2.28. The fourth-order valence-electron chi connectivity index (χ4n) is 3.65. The maximum absolute atomic E-state index is 12.5. The summed E-state index contributed by atoms with van der Waals surface area (Å²) in [6, 6.07) is 16.3. The maximum Gasteiger partial charge on any atom is 0.255 e. The first-order valence-corrected chi connectivity index (χ1v) is 9.01. The fraction of sp³-hybridized carbons (Fsp3) is 0.286. The molecule has 1 aromatic carbocycles. The second kappa shape index (κ2) is 7.12. The highest BCUT2D eigenvalue weighted by molar-refractivity contribution is 5.59. The normalized spacial score (nSPS) is 16.8. The second-order valence-corrected chi connectivity index (χ2v) is 6.75. The van der Waals surface area contributed by atoms with E-state index in [4.69, 9.17) is 4.98 Å². The smallest absolute Gasteiger partial charge is 0.255 e. The molecule has 0 bridgehead atoms. The van der Waals surface area contributed by atoms with Gasteiger partial charge in [-0.15, -0.1) is 0 Å². The predicted octanol–water partition coefficient (Wildman–Crippen LogP) is 3.05. The zero-order valence-electron chi connectivity index (χ0n) is 14.9. The molecule has 0 radical (unpaired) electrons. The van der Waals surface area contributed by atoms with Crippen molar-refractivity contribution < 1.29 is 0 Å². The third-order valence-corrected chi connectivity index (χ3v) is 5.04. The minimum absolute atomic E-state index is 0.0350. The average molecular weight is 346 g/mol. The number of pyridine rings is 1. The molecule has 0 saturated carbocycles. The lowest BCUT2D eigenvalue weighted by molar-refractivity contribution is 0.632. The van der Waals surface area contributed by atoms with E-state index in [9.17, 15) is 4.79 Å². The molecule has 3 heterocycles. The summed E-state index contributed by atoms with van der Waals surface area (Å²) in [6.45, 7) is 0.928. The van der Waals surface area contributed by atoms with Crippen LogP contribution in [0.25, 0.3) is 11.3 Å². The van der Waals surface area contributed by atoms with E-state index in [0.717, 1.165) is 37.3 Å². The van der Waals surface area contributed by atoms with Crippen molar-refractivity contribution in [1.82, 2.24) is 14.5 Å². The molecule has 1 saturated heterocycles. The summed E-state index contributed by atoms with van der Waals surface area (Å²) in [5.41, 5.74) is 2.90. The molecular weight excluding hydrogens is 324 g/mol. The van der Waals surface area contributed by atoms with Gasteiger partial charge in [0.15, 0.2) is 0 Å². The lowest BCUT2D eigenvalue weighted by Gasteiger charge is -2.27. The van der Waals surface area contributed by atoms with Crippen LogP contribution in [0.4, 0.5) is 5.95 Å². The van der Waals surface area contributed by atoms with E-state index in [0.29, 0.717) is 11.7 Å². The Kier molecular flexibility index (Phi) is 4.52. The molecule has 5 heteroatoms. The maximum atomic E-state index is 12.5. The highest BCUT2D eigenvalue weighted by atomic mass is 16.1. The molecule has 2 aromatic heterocycles. The van der Waals surface area contributed by atoms with Crippen molar-refractivity contribution in [2.45, 2.75) is 25.3 Å². The predicted molar refractivity (Wildman–Crippen MR) is 103 cm³/mol. The molecule has 1 aliphatic heterocycles. The largest absolute Gasteiger partial charge is 0.339 e. The molecule has 0 N–H and O–H groups in total.